The number of hydrogen-bond acceptors (Lipinski definition) is 5. The fraction of sp³-hybridized carbons (Fsp3) is 0.444. The molecule has 2 heterocycles. The third kappa shape index (κ3) is 3.40. The Labute approximate surface area is 154 Å². The largest absolute Gasteiger partial charge is 0.477 e. The molecule has 0 radical (unpaired) electrons. The first-order valence-electron chi connectivity index (χ1n) is 8.75. The molecule has 0 amide bonds. The minimum Gasteiger partial charge on any atom is -0.477 e. The molecule has 0 unspecified atom stereocenters. The van der Waals surface area contributed by atoms with E-state index in [0.29, 0.717) is 32.7 Å². The molecule has 1 saturated heterocycles. The predicted octanol–water partition coefficient (Wildman–Crippen LogP) is 1.11. The Hall–Kier alpha value is -2.52. The number of halogens is 2. The van der Waals surface area contributed by atoms with Gasteiger partial charge in [-0.25, -0.2) is 13.6 Å². The number of β-amino-alcohol motifs (C(OH)–C–C–N with tert-alkyl or cyclic N) is 1. The number of rotatable bonds is 5. The van der Waals surface area contributed by atoms with Crippen LogP contribution in [0.25, 0.3) is 10.9 Å². The topological polar surface area (TPSA) is 86.0 Å². The number of hydrogen-bond donors (Lipinski definition) is 2. The number of aryl methyl sites for hydroxylation is 1. The van der Waals surface area contributed by atoms with Crippen molar-refractivity contribution >= 4 is 22.6 Å². The number of carboxylic acids is 1. The fourth-order valence-corrected chi connectivity index (χ4v) is 3.50. The number of piperazine rings is 1. The summed E-state index contributed by atoms with van der Waals surface area (Å²) < 4.78 is 31.3. The lowest BCUT2D eigenvalue weighted by molar-refractivity contribution is 0.0694. The highest BCUT2D eigenvalue weighted by atomic mass is 19.1. The monoisotopic (exact) mass is 381 g/mol. The minimum atomic E-state index is -1.44. The maximum absolute atomic E-state index is 15.3. The molecule has 3 rings (SSSR count). The highest BCUT2D eigenvalue weighted by Crippen LogP contribution is 2.30. The number of aliphatic hydroxyl groups is 1. The van der Waals surface area contributed by atoms with Crippen molar-refractivity contribution < 1.29 is 23.8 Å². The smallest absolute Gasteiger partial charge is 0.341 e. The van der Waals surface area contributed by atoms with Crippen LogP contribution in [0, 0.1) is 11.6 Å². The van der Waals surface area contributed by atoms with Crippen LogP contribution in [0.5, 0.6) is 0 Å². The second kappa shape index (κ2) is 7.61. The summed E-state index contributed by atoms with van der Waals surface area (Å²) in [5, 5.41) is 17.9. The van der Waals surface area contributed by atoms with E-state index < -0.39 is 28.6 Å². The van der Waals surface area contributed by atoms with Crippen molar-refractivity contribution in [3.05, 3.63) is 39.7 Å². The molecule has 7 nitrogen and oxygen atoms in total. The molecule has 1 fully saturated rings. The second-order valence-electron chi connectivity index (χ2n) is 6.43. The summed E-state index contributed by atoms with van der Waals surface area (Å²) in [5.41, 5.74) is -1.73. The molecule has 146 valence electrons. The van der Waals surface area contributed by atoms with Crippen LogP contribution in [0.3, 0.4) is 0 Å². The van der Waals surface area contributed by atoms with Gasteiger partial charge in [-0.2, -0.15) is 0 Å². The molecule has 0 atom stereocenters. The Kier molecular flexibility index (Phi) is 5.43. The molecule has 1 aliphatic heterocycles. The van der Waals surface area contributed by atoms with Crippen molar-refractivity contribution in [3.8, 4) is 0 Å². The number of carbonyl (C=O) groups is 1. The second-order valence-corrected chi connectivity index (χ2v) is 6.43. The van der Waals surface area contributed by atoms with Gasteiger partial charge in [0.2, 0.25) is 5.43 Å². The zero-order valence-corrected chi connectivity index (χ0v) is 14.9. The number of benzene rings is 1. The first-order chi connectivity index (χ1) is 12.9. The molecule has 1 aliphatic rings. The van der Waals surface area contributed by atoms with Crippen LogP contribution in [-0.2, 0) is 6.54 Å². The van der Waals surface area contributed by atoms with Crippen molar-refractivity contribution in [2.24, 2.45) is 0 Å². The van der Waals surface area contributed by atoms with Gasteiger partial charge in [-0.1, -0.05) is 0 Å². The summed E-state index contributed by atoms with van der Waals surface area (Å²) in [6.07, 6.45) is 1.09. The average Bonchev–Trinajstić information content (AvgIpc) is 2.64. The SMILES string of the molecule is CCn1cc(C(=O)O)c(=O)c2cc(F)c(N3CCN(CCO)CC3)c(F)c21. The summed E-state index contributed by atoms with van der Waals surface area (Å²) in [4.78, 5) is 27.2. The Bertz CT molecular complexity index is 937. The summed E-state index contributed by atoms with van der Waals surface area (Å²) in [5.74, 6) is -3.19. The molecule has 0 spiro atoms. The van der Waals surface area contributed by atoms with E-state index in [1.807, 2.05) is 4.90 Å². The van der Waals surface area contributed by atoms with Crippen LogP contribution in [0.2, 0.25) is 0 Å². The summed E-state index contributed by atoms with van der Waals surface area (Å²) >= 11 is 0. The number of anilines is 1. The van der Waals surface area contributed by atoms with E-state index >= 15 is 4.39 Å². The van der Waals surface area contributed by atoms with Crippen LogP contribution in [-0.4, -0.2) is 65.0 Å². The van der Waals surface area contributed by atoms with Gasteiger partial charge < -0.3 is 19.7 Å². The average molecular weight is 381 g/mol. The highest BCUT2D eigenvalue weighted by molar-refractivity contribution is 5.93. The van der Waals surface area contributed by atoms with Crippen LogP contribution < -0.4 is 10.3 Å². The predicted molar refractivity (Wildman–Crippen MR) is 96.5 cm³/mol. The number of nitrogens with zero attached hydrogens (tertiary/aromatic N) is 3. The molecule has 0 aliphatic carbocycles. The first kappa shape index (κ1) is 19.2. The lowest BCUT2D eigenvalue weighted by Gasteiger charge is -2.36. The standard InChI is InChI=1S/C18H21F2N3O4/c1-2-22-10-12(18(26)27)17(25)11-9-13(19)16(14(20)15(11)22)23-5-3-21(4-6-23)7-8-24/h9-10,24H,2-8H2,1H3,(H,26,27). The molecule has 1 aromatic heterocycles. The maximum Gasteiger partial charge on any atom is 0.341 e. The molecule has 0 saturated carbocycles. The Morgan fingerprint density at radius 2 is 1.89 bits per heavy atom. The van der Waals surface area contributed by atoms with E-state index in [-0.39, 0.29) is 29.7 Å². The Balaban J connectivity index is 2.13. The van der Waals surface area contributed by atoms with Crippen molar-refractivity contribution in [3.63, 3.8) is 0 Å². The van der Waals surface area contributed by atoms with Gasteiger partial charge >= 0.3 is 5.97 Å². The normalized spacial score (nSPS) is 15.5. The molecule has 2 N–H and O–H groups in total. The van der Waals surface area contributed by atoms with Gasteiger partial charge in [0.05, 0.1) is 17.5 Å². The number of carboxylic acid groups (broad SMARTS) is 1. The maximum atomic E-state index is 15.3. The molecule has 1 aromatic carbocycles. The quantitative estimate of drug-likeness (QED) is 0.807. The molecule has 27 heavy (non-hydrogen) atoms. The highest BCUT2D eigenvalue weighted by Gasteiger charge is 2.26. The molecule has 0 bridgehead atoms. The molecular formula is C18H21F2N3O4. The number of fused-ring (bicyclic) bond motifs is 1. The van der Waals surface area contributed by atoms with Crippen molar-refractivity contribution in [2.75, 3.05) is 44.2 Å². The fourth-order valence-electron chi connectivity index (χ4n) is 3.50. The summed E-state index contributed by atoms with van der Waals surface area (Å²) in [6, 6.07) is 0.925. The van der Waals surface area contributed by atoms with E-state index in [9.17, 15) is 19.1 Å². The van der Waals surface area contributed by atoms with E-state index in [0.717, 1.165) is 12.3 Å². The van der Waals surface area contributed by atoms with E-state index in [1.165, 1.54) is 4.57 Å². The van der Waals surface area contributed by atoms with Gasteiger partial charge in [-0.15, -0.1) is 0 Å². The number of pyridine rings is 1. The Morgan fingerprint density at radius 1 is 1.22 bits per heavy atom. The molecule has 2 aromatic rings. The van der Waals surface area contributed by atoms with Gasteiger partial charge in [-0.3, -0.25) is 9.69 Å². The molecule has 9 heteroatoms. The van der Waals surface area contributed by atoms with Crippen molar-refractivity contribution in [2.45, 2.75) is 13.5 Å². The lowest BCUT2D eigenvalue weighted by atomic mass is 10.1. The number of aliphatic hydroxyl groups excluding tert-OH is 1. The zero-order chi connectivity index (χ0) is 19.7. The van der Waals surface area contributed by atoms with Gasteiger partial charge in [0.15, 0.2) is 5.82 Å². The zero-order valence-electron chi connectivity index (χ0n) is 14.9. The summed E-state index contributed by atoms with van der Waals surface area (Å²) in [6.45, 7) is 4.30. The minimum absolute atomic E-state index is 0.0212. The third-order valence-electron chi connectivity index (χ3n) is 4.91. The van der Waals surface area contributed by atoms with Gasteiger partial charge in [-0.05, 0) is 13.0 Å². The number of aromatic carboxylic acids is 1. The van der Waals surface area contributed by atoms with E-state index in [4.69, 9.17) is 5.11 Å². The van der Waals surface area contributed by atoms with E-state index in [2.05, 4.69) is 0 Å². The van der Waals surface area contributed by atoms with Gasteiger partial charge in [0.1, 0.15) is 17.1 Å². The van der Waals surface area contributed by atoms with Crippen LogP contribution in [0.1, 0.15) is 17.3 Å². The van der Waals surface area contributed by atoms with Crippen molar-refractivity contribution in [1.29, 1.82) is 0 Å². The van der Waals surface area contributed by atoms with Crippen LogP contribution in [0.4, 0.5) is 14.5 Å². The molecular weight excluding hydrogens is 360 g/mol. The lowest BCUT2D eigenvalue weighted by Crippen LogP contribution is -2.47. The summed E-state index contributed by atoms with van der Waals surface area (Å²) in [7, 11) is 0. The first-order valence-corrected chi connectivity index (χ1v) is 8.75. The third-order valence-corrected chi connectivity index (χ3v) is 4.91. The van der Waals surface area contributed by atoms with Crippen LogP contribution >= 0.6 is 0 Å². The van der Waals surface area contributed by atoms with Crippen LogP contribution in [0.15, 0.2) is 17.1 Å². The van der Waals surface area contributed by atoms with E-state index in [1.54, 1.807) is 11.8 Å². The Morgan fingerprint density at radius 3 is 2.44 bits per heavy atom. The number of aromatic nitrogens is 1. The van der Waals surface area contributed by atoms with Gasteiger partial charge in [0.25, 0.3) is 0 Å². The van der Waals surface area contributed by atoms with Crippen molar-refractivity contribution in [1.82, 2.24) is 9.47 Å². The van der Waals surface area contributed by atoms with Gasteiger partial charge in [0, 0.05) is 45.5 Å².